The lowest BCUT2D eigenvalue weighted by atomic mass is 9.95. The SMILES string of the molecule is Cc1cc(Cl)ccc1N(CC(=O)N(Cc1ccc(Cl)cc1Cl)[C@@H](C)C(=O)NC1CCCCC1)S(C)(=O)=O. The van der Waals surface area contributed by atoms with Gasteiger partial charge in [-0.15, -0.1) is 0 Å². The normalized spacial score (nSPS) is 15.2. The second kappa shape index (κ2) is 12.7. The van der Waals surface area contributed by atoms with Crippen LogP contribution in [0.2, 0.25) is 15.1 Å². The van der Waals surface area contributed by atoms with Gasteiger partial charge in [0.25, 0.3) is 0 Å². The highest BCUT2D eigenvalue weighted by atomic mass is 35.5. The zero-order chi connectivity index (χ0) is 27.3. The van der Waals surface area contributed by atoms with Crippen LogP contribution in [-0.4, -0.2) is 50.0 Å². The van der Waals surface area contributed by atoms with Crippen LogP contribution in [0, 0.1) is 6.92 Å². The van der Waals surface area contributed by atoms with Gasteiger partial charge in [-0.25, -0.2) is 8.42 Å². The standard InChI is InChI=1S/C26H32Cl3N3O4S/c1-17-13-20(27)11-12-24(17)32(37(3,35)36)16-25(33)31(15-19-9-10-21(28)14-23(19)29)18(2)26(34)30-22-7-5-4-6-8-22/h9-14,18,22H,4-8,15-16H2,1-3H3,(H,30,34)/t18-/m0/s1. The number of anilines is 1. The Morgan fingerprint density at radius 2 is 1.65 bits per heavy atom. The summed E-state index contributed by atoms with van der Waals surface area (Å²) in [6.07, 6.45) is 6.07. The smallest absolute Gasteiger partial charge is 0.244 e. The highest BCUT2D eigenvalue weighted by Crippen LogP contribution is 2.27. The van der Waals surface area contributed by atoms with Crippen LogP contribution >= 0.6 is 34.8 Å². The molecule has 0 heterocycles. The predicted octanol–water partition coefficient (Wildman–Crippen LogP) is 5.59. The van der Waals surface area contributed by atoms with E-state index in [-0.39, 0.29) is 18.5 Å². The molecule has 1 saturated carbocycles. The Morgan fingerprint density at radius 3 is 2.24 bits per heavy atom. The van der Waals surface area contributed by atoms with Crippen molar-refractivity contribution >= 4 is 62.3 Å². The second-order valence-electron chi connectivity index (χ2n) is 9.48. The topological polar surface area (TPSA) is 86.8 Å². The van der Waals surface area contributed by atoms with Crippen LogP contribution in [0.4, 0.5) is 5.69 Å². The third-order valence-electron chi connectivity index (χ3n) is 6.58. The first-order chi connectivity index (χ1) is 17.4. The van der Waals surface area contributed by atoms with E-state index in [1.807, 2.05) is 0 Å². The first kappa shape index (κ1) is 29.6. The van der Waals surface area contributed by atoms with Crippen LogP contribution in [0.1, 0.15) is 50.2 Å². The van der Waals surface area contributed by atoms with Crippen molar-refractivity contribution in [1.29, 1.82) is 0 Å². The molecule has 202 valence electrons. The molecule has 11 heteroatoms. The summed E-state index contributed by atoms with van der Waals surface area (Å²) >= 11 is 18.5. The summed E-state index contributed by atoms with van der Waals surface area (Å²) in [7, 11) is -3.84. The van der Waals surface area contributed by atoms with E-state index in [0.29, 0.717) is 31.9 Å². The molecular formula is C26H32Cl3N3O4S. The van der Waals surface area contributed by atoms with Gasteiger partial charge in [0, 0.05) is 27.7 Å². The lowest BCUT2D eigenvalue weighted by molar-refractivity contribution is -0.139. The predicted molar refractivity (Wildman–Crippen MR) is 150 cm³/mol. The molecule has 2 amide bonds. The van der Waals surface area contributed by atoms with Gasteiger partial charge in [-0.1, -0.05) is 60.1 Å². The Bertz CT molecular complexity index is 1250. The van der Waals surface area contributed by atoms with Gasteiger partial charge >= 0.3 is 0 Å². The van der Waals surface area contributed by atoms with E-state index in [0.717, 1.165) is 42.7 Å². The number of carbonyl (C=O) groups is 2. The van der Waals surface area contributed by atoms with Crippen LogP contribution in [0.5, 0.6) is 0 Å². The number of nitrogens with one attached hydrogen (secondary N) is 1. The number of hydrogen-bond acceptors (Lipinski definition) is 4. The van der Waals surface area contributed by atoms with Crippen molar-refractivity contribution in [2.45, 2.75) is 64.6 Å². The Morgan fingerprint density at radius 1 is 1.03 bits per heavy atom. The van der Waals surface area contributed by atoms with E-state index in [1.54, 1.807) is 50.2 Å². The van der Waals surface area contributed by atoms with Crippen LogP contribution in [0.3, 0.4) is 0 Å². The molecule has 1 atom stereocenters. The van der Waals surface area contributed by atoms with Crippen molar-refractivity contribution in [1.82, 2.24) is 10.2 Å². The number of rotatable bonds is 9. The van der Waals surface area contributed by atoms with Crippen molar-refractivity contribution < 1.29 is 18.0 Å². The van der Waals surface area contributed by atoms with E-state index in [1.165, 1.54) is 4.90 Å². The Hall–Kier alpha value is -2.00. The molecule has 2 aromatic carbocycles. The van der Waals surface area contributed by atoms with Crippen molar-refractivity contribution in [3.63, 3.8) is 0 Å². The first-order valence-corrected chi connectivity index (χ1v) is 15.1. The lowest BCUT2D eigenvalue weighted by Gasteiger charge is -2.33. The summed E-state index contributed by atoms with van der Waals surface area (Å²) in [4.78, 5) is 28.3. The van der Waals surface area contributed by atoms with Crippen LogP contribution < -0.4 is 9.62 Å². The molecule has 0 aliphatic heterocycles. The molecule has 0 unspecified atom stereocenters. The third-order valence-corrected chi connectivity index (χ3v) is 8.53. The van der Waals surface area contributed by atoms with Crippen LogP contribution in [0.25, 0.3) is 0 Å². The Labute approximate surface area is 234 Å². The maximum absolute atomic E-state index is 13.7. The van der Waals surface area contributed by atoms with Crippen LogP contribution in [-0.2, 0) is 26.2 Å². The van der Waals surface area contributed by atoms with Crippen molar-refractivity contribution in [3.8, 4) is 0 Å². The van der Waals surface area contributed by atoms with E-state index < -0.39 is 28.5 Å². The van der Waals surface area contributed by atoms with E-state index in [4.69, 9.17) is 34.8 Å². The minimum atomic E-state index is -3.84. The summed E-state index contributed by atoms with van der Waals surface area (Å²) < 4.78 is 26.5. The number of nitrogens with zero attached hydrogens (tertiary/aromatic N) is 2. The van der Waals surface area contributed by atoms with E-state index in [2.05, 4.69) is 5.32 Å². The Balaban J connectivity index is 1.92. The van der Waals surface area contributed by atoms with Gasteiger partial charge in [-0.05, 0) is 68.1 Å². The fourth-order valence-corrected chi connectivity index (χ4v) is 6.08. The molecule has 0 saturated heterocycles. The van der Waals surface area contributed by atoms with Crippen molar-refractivity contribution in [2.24, 2.45) is 0 Å². The third kappa shape index (κ3) is 7.99. The second-order valence-corrected chi connectivity index (χ2v) is 12.7. The summed E-state index contributed by atoms with van der Waals surface area (Å²) in [5.74, 6) is -0.837. The van der Waals surface area contributed by atoms with Gasteiger partial charge in [0.1, 0.15) is 12.6 Å². The van der Waals surface area contributed by atoms with Gasteiger partial charge < -0.3 is 10.2 Å². The number of hydrogen-bond donors (Lipinski definition) is 1. The lowest BCUT2D eigenvalue weighted by Crippen LogP contribution is -2.53. The molecule has 1 aliphatic carbocycles. The maximum atomic E-state index is 13.7. The van der Waals surface area contributed by atoms with Crippen molar-refractivity contribution in [2.75, 3.05) is 17.1 Å². The molecule has 0 aromatic heterocycles. The summed E-state index contributed by atoms with van der Waals surface area (Å²) in [5, 5.41) is 4.30. The zero-order valence-corrected chi connectivity index (χ0v) is 24.2. The van der Waals surface area contributed by atoms with E-state index >= 15 is 0 Å². The molecule has 3 rings (SSSR count). The minimum Gasteiger partial charge on any atom is -0.352 e. The van der Waals surface area contributed by atoms with Gasteiger partial charge in [-0.2, -0.15) is 0 Å². The zero-order valence-electron chi connectivity index (χ0n) is 21.1. The summed E-state index contributed by atoms with van der Waals surface area (Å²) in [6.45, 7) is 2.87. The highest BCUT2D eigenvalue weighted by molar-refractivity contribution is 7.92. The number of carbonyl (C=O) groups excluding carboxylic acids is 2. The molecular weight excluding hydrogens is 557 g/mol. The molecule has 0 spiro atoms. The molecule has 1 N–H and O–H groups in total. The molecule has 1 aliphatic rings. The largest absolute Gasteiger partial charge is 0.352 e. The number of benzene rings is 2. The van der Waals surface area contributed by atoms with Gasteiger partial charge in [0.2, 0.25) is 21.8 Å². The average molecular weight is 589 g/mol. The molecule has 37 heavy (non-hydrogen) atoms. The Kier molecular flexibility index (Phi) is 10.1. The molecule has 2 aromatic rings. The summed E-state index contributed by atoms with van der Waals surface area (Å²) in [6, 6.07) is 8.85. The fourth-order valence-electron chi connectivity index (χ4n) is 4.48. The first-order valence-electron chi connectivity index (χ1n) is 12.1. The minimum absolute atomic E-state index is 0.00525. The van der Waals surface area contributed by atoms with Crippen molar-refractivity contribution in [3.05, 3.63) is 62.6 Å². The molecule has 0 radical (unpaired) electrons. The highest BCUT2D eigenvalue weighted by Gasteiger charge is 2.32. The summed E-state index contributed by atoms with van der Waals surface area (Å²) in [5.41, 5.74) is 1.52. The number of halogens is 3. The quantitative estimate of drug-likeness (QED) is 0.414. The molecule has 0 bridgehead atoms. The maximum Gasteiger partial charge on any atom is 0.244 e. The monoisotopic (exact) mass is 587 g/mol. The van der Waals surface area contributed by atoms with Gasteiger partial charge in [-0.3, -0.25) is 13.9 Å². The molecule has 7 nitrogen and oxygen atoms in total. The van der Waals surface area contributed by atoms with Crippen LogP contribution in [0.15, 0.2) is 36.4 Å². The van der Waals surface area contributed by atoms with E-state index in [9.17, 15) is 18.0 Å². The number of amides is 2. The average Bonchev–Trinajstić information content (AvgIpc) is 2.82. The fraction of sp³-hybridized carbons (Fsp3) is 0.462. The number of sulfonamides is 1. The molecule has 1 fully saturated rings. The van der Waals surface area contributed by atoms with Gasteiger partial charge in [0.15, 0.2) is 0 Å². The number of aryl methyl sites for hydroxylation is 1. The van der Waals surface area contributed by atoms with Gasteiger partial charge in [0.05, 0.1) is 11.9 Å².